The molecule has 124 valence electrons. The molecule has 0 aromatic heterocycles. The number of esters is 1. The summed E-state index contributed by atoms with van der Waals surface area (Å²) >= 11 is 0. The van der Waals surface area contributed by atoms with Gasteiger partial charge in [0, 0.05) is 25.3 Å². The molecule has 1 amide bonds. The van der Waals surface area contributed by atoms with E-state index in [4.69, 9.17) is 0 Å². The standard InChI is InChI=1S/C18H19N3O3/c1-21(2)16-9-7-14(8-10-16)17(22)20-19-12-13-5-4-6-15(11-13)18(23)24-3/h4-12H,1-3H3,(H,20,22)/b19-12+. The summed E-state index contributed by atoms with van der Waals surface area (Å²) in [5.74, 6) is -0.726. The SMILES string of the molecule is COC(=O)c1cccc(/C=N/NC(=O)c2ccc(N(C)C)cc2)c1. The van der Waals surface area contributed by atoms with Crippen LogP contribution in [0.4, 0.5) is 5.69 Å². The van der Waals surface area contributed by atoms with E-state index in [0.29, 0.717) is 16.7 Å². The fourth-order valence-corrected chi connectivity index (χ4v) is 2.00. The highest BCUT2D eigenvalue weighted by Gasteiger charge is 2.06. The normalized spacial score (nSPS) is 10.5. The lowest BCUT2D eigenvalue weighted by Crippen LogP contribution is -2.18. The third-order valence-corrected chi connectivity index (χ3v) is 3.33. The molecule has 0 heterocycles. The number of nitrogens with one attached hydrogen (secondary N) is 1. The number of rotatable bonds is 5. The van der Waals surface area contributed by atoms with E-state index in [0.717, 1.165) is 5.69 Å². The van der Waals surface area contributed by atoms with E-state index in [1.165, 1.54) is 13.3 Å². The van der Waals surface area contributed by atoms with Gasteiger partial charge in [-0.25, -0.2) is 10.2 Å². The van der Waals surface area contributed by atoms with Gasteiger partial charge in [0.15, 0.2) is 0 Å². The van der Waals surface area contributed by atoms with Crippen molar-refractivity contribution in [2.75, 3.05) is 26.1 Å². The highest BCUT2D eigenvalue weighted by atomic mass is 16.5. The van der Waals surface area contributed by atoms with Gasteiger partial charge >= 0.3 is 5.97 Å². The van der Waals surface area contributed by atoms with Crippen molar-refractivity contribution in [2.45, 2.75) is 0 Å². The fraction of sp³-hybridized carbons (Fsp3) is 0.167. The number of nitrogens with zero attached hydrogens (tertiary/aromatic N) is 2. The monoisotopic (exact) mass is 325 g/mol. The number of hydrogen-bond donors (Lipinski definition) is 1. The maximum Gasteiger partial charge on any atom is 0.337 e. The third-order valence-electron chi connectivity index (χ3n) is 3.33. The molecule has 0 atom stereocenters. The maximum atomic E-state index is 12.0. The molecule has 0 bridgehead atoms. The molecular formula is C18H19N3O3. The Hall–Kier alpha value is -3.15. The number of hydrazone groups is 1. The minimum absolute atomic E-state index is 0.305. The Kier molecular flexibility index (Phi) is 5.68. The summed E-state index contributed by atoms with van der Waals surface area (Å²) in [6.07, 6.45) is 1.47. The van der Waals surface area contributed by atoms with Gasteiger partial charge in [0.1, 0.15) is 0 Å². The van der Waals surface area contributed by atoms with Gasteiger partial charge in [-0.3, -0.25) is 4.79 Å². The zero-order valence-corrected chi connectivity index (χ0v) is 13.8. The molecule has 0 aliphatic rings. The zero-order valence-electron chi connectivity index (χ0n) is 13.8. The van der Waals surface area contributed by atoms with Crippen molar-refractivity contribution >= 4 is 23.8 Å². The van der Waals surface area contributed by atoms with E-state index in [9.17, 15) is 9.59 Å². The lowest BCUT2D eigenvalue weighted by Gasteiger charge is -2.12. The van der Waals surface area contributed by atoms with Crippen molar-refractivity contribution in [3.63, 3.8) is 0 Å². The minimum Gasteiger partial charge on any atom is -0.465 e. The van der Waals surface area contributed by atoms with Crippen LogP contribution in [0.1, 0.15) is 26.3 Å². The second-order valence-electron chi connectivity index (χ2n) is 5.26. The molecule has 0 aliphatic carbocycles. The van der Waals surface area contributed by atoms with Gasteiger partial charge in [-0.2, -0.15) is 5.10 Å². The molecule has 2 aromatic carbocycles. The second kappa shape index (κ2) is 7.92. The summed E-state index contributed by atoms with van der Waals surface area (Å²) in [4.78, 5) is 25.4. The van der Waals surface area contributed by atoms with E-state index in [2.05, 4.69) is 15.3 Å². The summed E-state index contributed by atoms with van der Waals surface area (Å²) < 4.78 is 4.66. The first kappa shape index (κ1) is 17.2. The average Bonchev–Trinajstić information content (AvgIpc) is 2.61. The van der Waals surface area contributed by atoms with Crippen LogP contribution in [-0.4, -0.2) is 39.3 Å². The molecule has 0 fully saturated rings. The van der Waals surface area contributed by atoms with Crippen molar-refractivity contribution in [3.8, 4) is 0 Å². The number of benzene rings is 2. The summed E-state index contributed by atoms with van der Waals surface area (Å²) in [7, 11) is 5.19. The van der Waals surface area contributed by atoms with E-state index >= 15 is 0 Å². The lowest BCUT2D eigenvalue weighted by molar-refractivity contribution is 0.0600. The Bertz CT molecular complexity index is 752. The molecule has 0 saturated heterocycles. The van der Waals surface area contributed by atoms with Crippen molar-refractivity contribution in [1.82, 2.24) is 5.43 Å². The Morgan fingerprint density at radius 3 is 2.42 bits per heavy atom. The molecule has 0 unspecified atom stereocenters. The zero-order chi connectivity index (χ0) is 17.5. The van der Waals surface area contributed by atoms with E-state index < -0.39 is 5.97 Å². The second-order valence-corrected chi connectivity index (χ2v) is 5.26. The van der Waals surface area contributed by atoms with Crippen molar-refractivity contribution in [2.24, 2.45) is 5.10 Å². The van der Waals surface area contributed by atoms with Gasteiger partial charge in [-0.1, -0.05) is 12.1 Å². The van der Waals surface area contributed by atoms with Crippen LogP contribution in [-0.2, 0) is 4.74 Å². The Morgan fingerprint density at radius 2 is 1.79 bits per heavy atom. The van der Waals surface area contributed by atoms with Crippen LogP contribution in [0.15, 0.2) is 53.6 Å². The number of methoxy groups -OCH3 is 1. The fourth-order valence-electron chi connectivity index (χ4n) is 2.00. The molecule has 6 heteroatoms. The summed E-state index contributed by atoms with van der Waals surface area (Å²) in [5.41, 5.74) is 5.09. The van der Waals surface area contributed by atoms with Crippen LogP contribution in [0.3, 0.4) is 0 Å². The first-order valence-corrected chi connectivity index (χ1v) is 7.30. The Labute approximate surface area is 140 Å². The molecular weight excluding hydrogens is 306 g/mol. The highest BCUT2D eigenvalue weighted by Crippen LogP contribution is 2.12. The molecule has 2 aromatic rings. The van der Waals surface area contributed by atoms with Gasteiger partial charge < -0.3 is 9.64 Å². The number of carbonyl (C=O) groups excluding carboxylic acids is 2. The number of ether oxygens (including phenoxy) is 1. The predicted molar refractivity (Wildman–Crippen MR) is 93.6 cm³/mol. The Balaban J connectivity index is 2.00. The molecule has 6 nitrogen and oxygen atoms in total. The van der Waals surface area contributed by atoms with E-state index in [1.54, 1.807) is 36.4 Å². The van der Waals surface area contributed by atoms with E-state index in [-0.39, 0.29) is 5.91 Å². The molecule has 24 heavy (non-hydrogen) atoms. The molecule has 0 spiro atoms. The van der Waals surface area contributed by atoms with Gasteiger partial charge in [0.05, 0.1) is 18.9 Å². The van der Waals surface area contributed by atoms with Crippen LogP contribution < -0.4 is 10.3 Å². The van der Waals surface area contributed by atoms with Crippen LogP contribution in [0.5, 0.6) is 0 Å². The number of hydrogen-bond acceptors (Lipinski definition) is 5. The van der Waals surface area contributed by atoms with Crippen LogP contribution in [0.25, 0.3) is 0 Å². The van der Waals surface area contributed by atoms with Gasteiger partial charge in [0.25, 0.3) is 5.91 Å². The molecule has 0 saturated carbocycles. The van der Waals surface area contributed by atoms with Crippen molar-refractivity contribution in [1.29, 1.82) is 0 Å². The Morgan fingerprint density at radius 1 is 1.08 bits per heavy atom. The first-order valence-electron chi connectivity index (χ1n) is 7.30. The molecule has 0 aliphatic heterocycles. The predicted octanol–water partition coefficient (Wildman–Crippen LogP) is 2.30. The van der Waals surface area contributed by atoms with Gasteiger partial charge in [0.2, 0.25) is 0 Å². The van der Waals surface area contributed by atoms with Crippen molar-refractivity contribution in [3.05, 3.63) is 65.2 Å². The third kappa shape index (κ3) is 4.42. The first-order chi connectivity index (χ1) is 11.5. The number of amides is 1. The van der Waals surface area contributed by atoms with Crippen molar-refractivity contribution < 1.29 is 14.3 Å². The summed E-state index contributed by atoms with van der Waals surface area (Å²) in [6.45, 7) is 0. The van der Waals surface area contributed by atoms with Gasteiger partial charge in [-0.15, -0.1) is 0 Å². The summed E-state index contributed by atoms with van der Waals surface area (Å²) in [6, 6.07) is 14.0. The average molecular weight is 325 g/mol. The smallest absolute Gasteiger partial charge is 0.337 e. The van der Waals surface area contributed by atoms with Crippen LogP contribution in [0.2, 0.25) is 0 Å². The quantitative estimate of drug-likeness (QED) is 0.520. The minimum atomic E-state index is -0.421. The summed E-state index contributed by atoms with van der Waals surface area (Å²) in [5, 5.41) is 3.91. The molecule has 2 rings (SSSR count). The molecule has 0 radical (unpaired) electrons. The number of carbonyl (C=O) groups is 2. The topological polar surface area (TPSA) is 71.0 Å². The van der Waals surface area contributed by atoms with Crippen LogP contribution in [0, 0.1) is 0 Å². The van der Waals surface area contributed by atoms with Crippen LogP contribution >= 0.6 is 0 Å². The van der Waals surface area contributed by atoms with E-state index in [1.807, 2.05) is 31.1 Å². The van der Waals surface area contributed by atoms with Gasteiger partial charge in [-0.05, 0) is 42.0 Å². The highest BCUT2D eigenvalue weighted by molar-refractivity contribution is 5.95. The maximum absolute atomic E-state index is 12.0. The number of anilines is 1. The largest absolute Gasteiger partial charge is 0.465 e. The molecule has 1 N–H and O–H groups in total. The lowest BCUT2D eigenvalue weighted by atomic mass is 10.1.